The third-order valence-electron chi connectivity index (χ3n) is 3.29. The minimum Gasteiger partial charge on any atom is -0.480 e. The summed E-state index contributed by atoms with van der Waals surface area (Å²) in [6, 6.07) is 7.28. The van der Waals surface area contributed by atoms with Crippen molar-refractivity contribution in [2.24, 2.45) is 5.41 Å². The number of aliphatic carboxylic acids is 1. The SMILES string of the molecule is CC(C)(CC(=O)N[C@H](Cc1ccccc1)C(=O)O)C(F)(F)F. The molecule has 0 aliphatic carbocycles. The van der Waals surface area contributed by atoms with Gasteiger partial charge >= 0.3 is 12.1 Å². The van der Waals surface area contributed by atoms with E-state index < -0.39 is 35.9 Å². The zero-order chi connectivity index (χ0) is 17.0. The lowest BCUT2D eigenvalue weighted by Crippen LogP contribution is -2.45. The molecule has 0 radical (unpaired) electrons. The molecule has 0 aliphatic rings. The van der Waals surface area contributed by atoms with Crippen LogP contribution in [0.1, 0.15) is 25.8 Å². The Kier molecular flexibility index (Phi) is 5.57. The summed E-state index contributed by atoms with van der Waals surface area (Å²) in [5.74, 6) is -2.23. The maximum Gasteiger partial charge on any atom is 0.394 e. The molecule has 0 aliphatic heterocycles. The molecule has 22 heavy (non-hydrogen) atoms. The summed E-state index contributed by atoms with van der Waals surface area (Å²) in [6.07, 6.45) is -5.36. The summed E-state index contributed by atoms with van der Waals surface area (Å²) in [5, 5.41) is 11.3. The summed E-state index contributed by atoms with van der Waals surface area (Å²) < 4.78 is 38.2. The predicted octanol–water partition coefficient (Wildman–Crippen LogP) is 2.78. The Hall–Kier alpha value is -2.05. The van der Waals surface area contributed by atoms with Gasteiger partial charge in [-0.25, -0.2) is 4.79 Å². The van der Waals surface area contributed by atoms with Gasteiger partial charge in [-0.3, -0.25) is 4.79 Å². The molecule has 0 fully saturated rings. The first-order valence-electron chi connectivity index (χ1n) is 6.66. The van der Waals surface area contributed by atoms with Crippen molar-refractivity contribution >= 4 is 11.9 Å². The van der Waals surface area contributed by atoms with Crippen LogP contribution in [0.4, 0.5) is 13.2 Å². The van der Waals surface area contributed by atoms with Gasteiger partial charge in [0, 0.05) is 12.8 Å². The smallest absolute Gasteiger partial charge is 0.394 e. The Morgan fingerprint density at radius 3 is 2.18 bits per heavy atom. The Balaban J connectivity index is 2.72. The van der Waals surface area contributed by atoms with E-state index in [1.54, 1.807) is 30.3 Å². The maximum atomic E-state index is 12.7. The number of carboxylic acids is 1. The number of benzene rings is 1. The van der Waals surface area contributed by atoms with Crippen LogP contribution in [0, 0.1) is 5.41 Å². The Morgan fingerprint density at radius 1 is 1.18 bits per heavy atom. The minimum absolute atomic E-state index is 0.00829. The number of halogens is 3. The van der Waals surface area contributed by atoms with Crippen LogP contribution >= 0.6 is 0 Å². The van der Waals surface area contributed by atoms with Crippen molar-refractivity contribution in [3.05, 3.63) is 35.9 Å². The molecule has 1 atom stereocenters. The second-order valence-corrected chi connectivity index (χ2v) is 5.71. The van der Waals surface area contributed by atoms with Crippen LogP contribution in [-0.4, -0.2) is 29.2 Å². The lowest BCUT2D eigenvalue weighted by Gasteiger charge is -2.27. The topological polar surface area (TPSA) is 66.4 Å². The number of alkyl halides is 3. The van der Waals surface area contributed by atoms with E-state index in [0.29, 0.717) is 5.56 Å². The van der Waals surface area contributed by atoms with Crippen LogP contribution in [0.3, 0.4) is 0 Å². The molecule has 0 heterocycles. The van der Waals surface area contributed by atoms with E-state index in [4.69, 9.17) is 5.11 Å². The Morgan fingerprint density at radius 2 is 1.73 bits per heavy atom. The fourth-order valence-corrected chi connectivity index (χ4v) is 1.80. The molecule has 122 valence electrons. The molecule has 0 spiro atoms. The van der Waals surface area contributed by atoms with Gasteiger partial charge in [0.05, 0.1) is 5.41 Å². The summed E-state index contributed by atoms with van der Waals surface area (Å²) in [5.41, 5.74) is -1.54. The average molecular weight is 317 g/mol. The van der Waals surface area contributed by atoms with Crippen molar-refractivity contribution in [1.29, 1.82) is 0 Å². The molecular weight excluding hydrogens is 299 g/mol. The first-order chi connectivity index (χ1) is 10.0. The summed E-state index contributed by atoms with van der Waals surface area (Å²) in [7, 11) is 0. The number of amides is 1. The third-order valence-corrected chi connectivity index (χ3v) is 3.29. The standard InChI is InChI=1S/C15H18F3NO3/c1-14(2,15(16,17)18)9-12(20)19-11(13(21)22)8-10-6-4-3-5-7-10/h3-7,11H,8-9H2,1-2H3,(H,19,20)(H,21,22)/t11-/m1/s1. The normalized spacial score (nSPS) is 13.5. The van der Waals surface area contributed by atoms with Gasteiger partial charge in [0.1, 0.15) is 6.04 Å². The molecule has 1 aromatic carbocycles. The van der Waals surface area contributed by atoms with Crippen molar-refractivity contribution in [1.82, 2.24) is 5.32 Å². The monoisotopic (exact) mass is 317 g/mol. The van der Waals surface area contributed by atoms with Gasteiger partial charge < -0.3 is 10.4 Å². The highest BCUT2D eigenvalue weighted by atomic mass is 19.4. The van der Waals surface area contributed by atoms with Gasteiger partial charge in [0.2, 0.25) is 5.91 Å². The molecule has 0 aromatic heterocycles. The van der Waals surface area contributed by atoms with Crippen LogP contribution in [0.2, 0.25) is 0 Å². The van der Waals surface area contributed by atoms with Crippen LogP contribution in [0.25, 0.3) is 0 Å². The number of carbonyl (C=O) groups is 2. The maximum absolute atomic E-state index is 12.7. The molecule has 0 bridgehead atoms. The molecule has 1 amide bonds. The molecule has 0 saturated carbocycles. The number of hydrogen-bond donors (Lipinski definition) is 2. The molecule has 0 saturated heterocycles. The fourth-order valence-electron chi connectivity index (χ4n) is 1.80. The van der Waals surface area contributed by atoms with Crippen molar-refractivity contribution < 1.29 is 27.9 Å². The first kappa shape index (κ1) is 18.0. The molecule has 0 unspecified atom stereocenters. The zero-order valence-corrected chi connectivity index (χ0v) is 12.3. The van der Waals surface area contributed by atoms with E-state index >= 15 is 0 Å². The van der Waals surface area contributed by atoms with Gasteiger partial charge in [-0.2, -0.15) is 13.2 Å². The van der Waals surface area contributed by atoms with Crippen molar-refractivity contribution in [3.8, 4) is 0 Å². The summed E-state index contributed by atoms with van der Waals surface area (Å²) in [4.78, 5) is 22.9. The van der Waals surface area contributed by atoms with E-state index in [2.05, 4.69) is 5.32 Å². The van der Waals surface area contributed by atoms with E-state index in [0.717, 1.165) is 13.8 Å². The Labute approximate surface area is 126 Å². The molecule has 1 aromatic rings. The quantitative estimate of drug-likeness (QED) is 0.848. The third kappa shape index (κ3) is 5.05. The minimum atomic E-state index is -4.54. The molecule has 7 heteroatoms. The highest BCUT2D eigenvalue weighted by molar-refractivity contribution is 5.84. The van der Waals surface area contributed by atoms with Crippen LogP contribution in [0.5, 0.6) is 0 Å². The fraction of sp³-hybridized carbons (Fsp3) is 0.467. The van der Waals surface area contributed by atoms with E-state index in [-0.39, 0.29) is 6.42 Å². The number of rotatable bonds is 6. The number of nitrogens with one attached hydrogen (secondary N) is 1. The van der Waals surface area contributed by atoms with E-state index in [9.17, 15) is 22.8 Å². The van der Waals surface area contributed by atoms with Gasteiger partial charge in [0.15, 0.2) is 0 Å². The lowest BCUT2D eigenvalue weighted by molar-refractivity contribution is -0.213. The Bertz CT molecular complexity index is 527. The van der Waals surface area contributed by atoms with Crippen LogP contribution < -0.4 is 5.32 Å². The average Bonchev–Trinajstić information content (AvgIpc) is 2.37. The van der Waals surface area contributed by atoms with E-state index in [1.165, 1.54) is 0 Å². The highest BCUT2D eigenvalue weighted by Crippen LogP contribution is 2.40. The number of carboxylic acid groups (broad SMARTS) is 1. The molecular formula is C15H18F3NO3. The second kappa shape index (κ2) is 6.81. The van der Waals surface area contributed by atoms with Gasteiger partial charge in [-0.15, -0.1) is 0 Å². The predicted molar refractivity (Wildman–Crippen MR) is 74.2 cm³/mol. The zero-order valence-electron chi connectivity index (χ0n) is 12.3. The molecule has 1 rings (SSSR count). The largest absolute Gasteiger partial charge is 0.480 e. The summed E-state index contributed by atoms with van der Waals surface area (Å²) in [6.45, 7) is 1.80. The highest BCUT2D eigenvalue weighted by Gasteiger charge is 2.48. The van der Waals surface area contributed by atoms with Gasteiger partial charge in [0.25, 0.3) is 0 Å². The van der Waals surface area contributed by atoms with Crippen molar-refractivity contribution in [2.75, 3.05) is 0 Å². The van der Waals surface area contributed by atoms with Crippen molar-refractivity contribution in [2.45, 2.75) is 38.9 Å². The van der Waals surface area contributed by atoms with Crippen LogP contribution in [0.15, 0.2) is 30.3 Å². The first-order valence-corrected chi connectivity index (χ1v) is 6.66. The molecule has 2 N–H and O–H groups in total. The van der Waals surface area contributed by atoms with Gasteiger partial charge in [-0.1, -0.05) is 44.2 Å². The van der Waals surface area contributed by atoms with Crippen LogP contribution in [-0.2, 0) is 16.0 Å². The number of hydrogen-bond acceptors (Lipinski definition) is 2. The molecule has 4 nitrogen and oxygen atoms in total. The van der Waals surface area contributed by atoms with Crippen molar-refractivity contribution in [3.63, 3.8) is 0 Å². The summed E-state index contributed by atoms with van der Waals surface area (Å²) >= 11 is 0. The van der Waals surface area contributed by atoms with Gasteiger partial charge in [-0.05, 0) is 5.56 Å². The second-order valence-electron chi connectivity index (χ2n) is 5.71. The number of carbonyl (C=O) groups excluding carboxylic acids is 1. The lowest BCUT2D eigenvalue weighted by atomic mass is 9.88. The van der Waals surface area contributed by atoms with E-state index in [1.807, 2.05) is 0 Å².